The molecule has 0 aromatic carbocycles. The Morgan fingerprint density at radius 1 is 1.53 bits per heavy atom. The molecule has 1 aromatic rings. The molecule has 2 rings (SSSR count). The minimum Gasteiger partial charge on any atom is -0.478 e. The van der Waals surface area contributed by atoms with Crippen molar-refractivity contribution in [2.75, 3.05) is 29.5 Å². The number of rotatable bonds is 2. The Morgan fingerprint density at radius 2 is 2.26 bits per heavy atom. The maximum Gasteiger partial charge on any atom is 0.337 e. The highest BCUT2D eigenvalue weighted by molar-refractivity contribution is 8.00. The van der Waals surface area contributed by atoms with Crippen LogP contribution in [0.25, 0.3) is 0 Å². The van der Waals surface area contributed by atoms with Crippen LogP contribution in [0.1, 0.15) is 30.6 Å². The van der Waals surface area contributed by atoms with E-state index in [1.165, 1.54) is 12.3 Å². The number of hydrogen-bond acceptors (Lipinski definition) is 5. The summed E-state index contributed by atoms with van der Waals surface area (Å²) in [5.41, 5.74) is 6.33. The third-order valence-corrected chi connectivity index (χ3v) is 4.71. The number of nitrogens with two attached hydrogens (primary N) is 1. The third-order valence-electron chi connectivity index (χ3n) is 3.34. The molecule has 104 valence electrons. The molecular weight excluding hydrogens is 262 g/mol. The quantitative estimate of drug-likeness (QED) is 0.864. The van der Waals surface area contributed by atoms with Crippen molar-refractivity contribution in [2.45, 2.75) is 25.0 Å². The molecule has 1 saturated heterocycles. The zero-order valence-corrected chi connectivity index (χ0v) is 12.0. The lowest BCUT2D eigenvalue weighted by Crippen LogP contribution is -2.29. The average molecular weight is 281 g/mol. The molecular formula is C13H19N3O2S. The van der Waals surface area contributed by atoms with E-state index in [4.69, 9.17) is 10.8 Å². The van der Waals surface area contributed by atoms with Crippen LogP contribution in [-0.4, -0.2) is 39.6 Å². The van der Waals surface area contributed by atoms with Gasteiger partial charge >= 0.3 is 5.97 Å². The van der Waals surface area contributed by atoms with E-state index in [0.717, 1.165) is 25.3 Å². The first-order valence-electron chi connectivity index (χ1n) is 6.27. The number of carboxylic acids is 1. The zero-order valence-electron chi connectivity index (χ0n) is 11.2. The van der Waals surface area contributed by atoms with Gasteiger partial charge in [-0.1, -0.05) is 13.8 Å². The van der Waals surface area contributed by atoms with E-state index in [1.54, 1.807) is 0 Å². The Balaban J connectivity index is 2.27. The van der Waals surface area contributed by atoms with Gasteiger partial charge in [0, 0.05) is 29.8 Å². The molecule has 5 nitrogen and oxygen atoms in total. The fourth-order valence-corrected chi connectivity index (χ4v) is 3.23. The molecule has 0 atom stereocenters. The summed E-state index contributed by atoms with van der Waals surface area (Å²) in [5, 5.41) is 9.10. The summed E-state index contributed by atoms with van der Waals surface area (Å²) >= 11 is 1.93. The van der Waals surface area contributed by atoms with Crippen molar-refractivity contribution < 1.29 is 9.90 Å². The van der Waals surface area contributed by atoms with E-state index in [2.05, 4.69) is 23.7 Å². The highest BCUT2D eigenvalue weighted by Gasteiger charge is 2.26. The van der Waals surface area contributed by atoms with Crippen molar-refractivity contribution in [3.05, 3.63) is 17.8 Å². The molecule has 0 bridgehead atoms. The maximum absolute atomic E-state index is 11.1. The van der Waals surface area contributed by atoms with E-state index in [0.29, 0.717) is 5.82 Å². The molecule has 0 unspecified atom stereocenters. The Kier molecular flexibility index (Phi) is 3.89. The molecule has 3 N–H and O–H groups in total. The minimum atomic E-state index is -1.01. The molecule has 1 fully saturated rings. The first-order chi connectivity index (χ1) is 8.91. The molecule has 0 saturated carbocycles. The van der Waals surface area contributed by atoms with Crippen LogP contribution >= 0.6 is 11.8 Å². The molecule has 0 amide bonds. The first kappa shape index (κ1) is 14.0. The summed E-state index contributed by atoms with van der Waals surface area (Å²) in [4.78, 5) is 17.4. The van der Waals surface area contributed by atoms with E-state index < -0.39 is 5.97 Å². The minimum absolute atomic E-state index is 0.126. The zero-order chi connectivity index (χ0) is 14.0. The molecule has 1 aliphatic heterocycles. The van der Waals surface area contributed by atoms with Crippen LogP contribution < -0.4 is 10.6 Å². The maximum atomic E-state index is 11.1. The fraction of sp³-hybridized carbons (Fsp3) is 0.538. The van der Waals surface area contributed by atoms with Gasteiger partial charge in [-0.25, -0.2) is 9.78 Å². The largest absolute Gasteiger partial charge is 0.478 e. The van der Waals surface area contributed by atoms with Gasteiger partial charge in [0.25, 0.3) is 0 Å². The van der Waals surface area contributed by atoms with Gasteiger partial charge in [0.05, 0.1) is 11.3 Å². The number of pyridine rings is 1. The second kappa shape index (κ2) is 5.28. The Morgan fingerprint density at radius 3 is 2.95 bits per heavy atom. The predicted octanol–water partition coefficient (Wildman–Crippen LogP) is 2.08. The van der Waals surface area contributed by atoms with Crippen LogP contribution in [0, 0.1) is 0 Å². The predicted molar refractivity (Wildman–Crippen MR) is 79.0 cm³/mol. The van der Waals surface area contributed by atoms with Crippen molar-refractivity contribution >= 4 is 29.2 Å². The van der Waals surface area contributed by atoms with Gasteiger partial charge in [-0.2, -0.15) is 11.8 Å². The van der Waals surface area contributed by atoms with Gasteiger partial charge in [-0.3, -0.25) is 0 Å². The number of carboxylic acid groups (broad SMARTS) is 1. The first-order valence-corrected chi connectivity index (χ1v) is 7.26. The number of aromatic carboxylic acids is 1. The number of thioether (sulfide) groups is 1. The number of carbonyl (C=O) groups is 1. The number of nitrogen functional groups attached to an aromatic ring is 1. The fourth-order valence-electron chi connectivity index (χ4n) is 2.13. The molecule has 2 heterocycles. The second-order valence-corrected chi connectivity index (χ2v) is 7.05. The molecule has 1 aliphatic rings. The molecule has 0 spiro atoms. The van der Waals surface area contributed by atoms with Crippen LogP contribution in [0.5, 0.6) is 0 Å². The van der Waals surface area contributed by atoms with Crippen LogP contribution in [0.15, 0.2) is 12.3 Å². The molecule has 6 heteroatoms. The summed E-state index contributed by atoms with van der Waals surface area (Å²) in [6.45, 7) is 6.14. The number of aromatic nitrogens is 1. The Hall–Kier alpha value is -1.43. The lowest BCUT2D eigenvalue weighted by Gasteiger charge is -2.24. The SMILES string of the molecule is CC1(C)CCN(c2nccc(C(=O)O)c2N)CCS1. The lowest BCUT2D eigenvalue weighted by molar-refractivity contribution is 0.0698. The van der Waals surface area contributed by atoms with Crippen LogP contribution in [0.4, 0.5) is 11.5 Å². The standard InChI is InChI=1S/C13H19N3O2S/c1-13(2)4-6-16(7-8-19-13)11-10(14)9(12(17)18)3-5-15-11/h3,5H,4,6-8,14H2,1-2H3,(H,17,18). The molecule has 0 aliphatic carbocycles. The van der Waals surface area contributed by atoms with Crippen molar-refractivity contribution in [1.82, 2.24) is 4.98 Å². The van der Waals surface area contributed by atoms with Gasteiger partial charge in [-0.05, 0) is 12.5 Å². The van der Waals surface area contributed by atoms with Crippen molar-refractivity contribution in [1.29, 1.82) is 0 Å². The third kappa shape index (κ3) is 3.12. The van der Waals surface area contributed by atoms with Crippen LogP contribution in [0.2, 0.25) is 0 Å². The van der Waals surface area contributed by atoms with Gasteiger partial charge in [0.15, 0.2) is 5.82 Å². The number of anilines is 2. The summed E-state index contributed by atoms with van der Waals surface area (Å²) in [5.74, 6) is 0.578. The summed E-state index contributed by atoms with van der Waals surface area (Å²) < 4.78 is 0.244. The van der Waals surface area contributed by atoms with Gasteiger partial charge in [0.2, 0.25) is 0 Å². The van der Waals surface area contributed by atoms with E-state index in [9.17, 15) is 4.79 Å². The molecule has 19 heavy (non-hydrogen) atoms. The van der Waals surface area contributed by atoms with Crippen LogP contribution in [-0.2, 0) is 0 Å². The Bertz CT molecular complexity index is 491. The smallest absolute Gasteiger partial charge is 0.337 e. The summed E-state index contributed by atoms with van der Waals surface area (Å²) in [7, 11) is 0. The highest BCUT2D eigenvalue weighted by atomic mass is 32.2. The lowest BCUT2D eigenvalue weighted by atomic mass is 10.1. The monoisotopic (exact) mass is 281 g/mol. The van der Waals surface area contributed by atoms with E-state index in [-0.39, 0.29) is 16.0 Å². The number of hydrogen-bond donors (Lipinski definition) is 2. The van der Waals surface area contributed by atoms with Gasteiger partial charge < -0.3 is 15.7 Å². The highest BCUT2D eigenvalue weighted by Crippen LogP contribution is 2.33. The van der Waals surface area contributed by atoms with Crippen molar-refractivity contribution in [3.63, 3.8) is 0 Å². The van der Waals surface area contributed by atoms with Gasteiger partial charge in [-0.15, -0.1) is 0 Å². The van der Waals surface area contributed by atoms with Gasteiger partial charge in [0.1, 0.15) is 0 Å². The molecule has 0 radical (unpaired) electrons. The second-order valence-electron chi connectivity index (χ2n) is 5.25. The Labute approximate surface area is 117 Å². The van der Waals surface area contributed by atoms with Crippen molar-refractivity contribution in [2.24, 2.45) is 0 Å². The van der Waals surface area contributed by atoms with E-state index in [1.807, 2.05) is 11.8 Å². The normalized spacial score (nSPS) is 18.9. The summed E-state index contributed by atoms with van der Waals surface area (Å²) in [6, 6.07) is 1.44. The van der Waals surface area contributed by atoms with E-state index >= 15 is 0 Å². The van der Waals surface area contributed by atoms with Crippen LogP contribution in [0.3, 0.4) is 0 Å². The topological polar surface area (TPSA) is 79.5 Å². The van der Waals surface area contributed by atoms with Crippen molar-refractivity contribution in [3.8, 4) is 0 Å². The average Bonchev–Trinajstić information content (AvgIpc) is 2.50. The molecule has 1 aromatic heterocycles. The number of nitrogens with zero attached hydrogens (tertiary/aromatic N) is 2. The summed E-state index contributed by atoms with van der Waals surface area (Å²) in [6.07, 6.45) is 2.54.